The van der Waals surface area contributed by atoms with Crippen LogP contribution in [0.4, 0.5) is 0 Å². The van der Waals surface area contributed by atoms with Crippen molar-refractivity contribution >= 4 is 11.9 Å². The predicted octanol–water partition coefficient (Wildman–Crippen LogP) is 0.547. The van der Waals surface area contributed by atoms with Gasteiger partial charge in [-0.15, -0.1) is 0 Å². The quantitative estimate of drug-likeness (QED) is 0.657. The van der Waals surface area contributed by atoms with E-state index in [1.165, 1.54) is 6.26 Å². The fourth-order valence-corrected chi connectivity index (χ4v) is 2.75. The van der Waals surface area contributed by atoms with Gasteiger partial charge < -0.3 is 19.5 Å². The monoisotopic (exact) mass is 330 g/mol. The first-order chi connectivity index (χ1) is 11.7. The van der Waals surface area contributed by atoms with Gasteiger partial charge in [-0.25, -0.2) is 0 Å². The van der Waals surface area contributed by atoms with E-state index in [1.807, 2.05) is 24.3 Å². The van der Waals surface area contributed by atoms with Crippen LogP contribution in [0.3, 0.4) is 0 Å². The van der Waals surface area contributed by atoms with E-state index < -0.39 is 0 Å². The lowest BCUT2D eigenvalue weighted by molar-refractivity contribution is 0.0657. The highest BCUT2D eigenvalue weighted by Gasteiger charge is 2.25. The van der Waals surface area contributed by atoms with Crippen molar-refractivity contribution in [2.45, 2.75) is 6.54 Å². The van der Waals surface area contributed by atoms with Gasteiger partial charge in [0.25, 0.3) is 5.91 Å². The van der Waals surface area contributed by atoms with E-state index in [9.17, 15) is 4.79 Å². The van der Waals surface area contributed by atoms with Crippen LogP contribution in [-0.2, 0) is 13.6 Å². The van der Waals surface area contributed by atoms with E-state index in [4.69, 9.17) is 4.42 Å². The predicted molar refractivity (Wildman–Crippen MR) is 89.6 cm³/mol. The van der Waals surface area contributed by atoms with E-state index in [0.29, 0.717) is 25.4 Å². The molecule has 3 heterocycles. The molecule has 1 aliphatic rings. The number of amides is 1. The van der Waals surface area contributed by atoms with Crippen LogP contribution in [-0.4, -0.2) is 64.7 Å². The first-order valence-corrected chi connectivity index (χ1v) is 7.93. The van der Waals surface area contributed by atoms with Gasteiger partial charge in [0.2, 0.25) is 0 Å². The summed E-state index contributed by atoms with van der Waals surface area (Å²) in [6, 6.07) is 3.43. The van der Waals surface area contributed by atoms with Crippen LogP contribution in [0, 0.1) is 0 Å². The van der Waals surface area contributed by atoms with Gasteiger partial charge in [-0.2, -0.15) is 5.10 Å². The maximum atomic E-state index is 12.3. The number of furan rings is 1. The molecule has 24 heavy (non-hydrogen) atoms. The van der Waals surface area contributed by atoms with E-state index in [0.717, 1.165) is 24.6 Å². The fourth-order valence-electron chi connectivity index (χ4n) is 2.75. The Labute approximate surface area is 140 Å². The Morgan fingerprint density at radius 1 is 1.33 bits per heavy atom. The summed E-state index contributed by atoms with van der Waals surface area (Å²) in [5.41, 5.74) is 1.10. The highest BCUT2D eigenvalue weighted by Crippen LogP contribution is 2.09. The van der Waals surface area contributed by atoms with Crippen LogP contribution in [0.2, 0.25) is 0 Å². The molecule has 2 aromatic rings. The van der Waals surface area contributed by atoms with Crippen molar-refractivity contribution in [2.75, 3.05) is 33.2 Å². The van der Waals surface area contributed by atoms with Crippen molar-refractivity contribution in [3.8, 4) is 0 Å². The van der Waals surface area contributed by atoms with E-state index in [1.54, 1.807) is 23.9 Å². The number of rotatable bonds is 3. The summed E-state index contributed by atoms with van der Waals surface area (Å²) >= 11 is 0. The van der Waals surface area contributed by atoms with Crippen molar-refractivity contribution in [3.63, 3.8) is 0 Å². The number of hydrogen-bond donors (Lipinski definition) is 1. The van der Waals surface area contributed by atoms with E-state index >= 15 is 0 Å². The van der Waals surface area contributed by atoms with Crippen LogP contribution in [0.15, 0.2) is 40.2 Å². The molecule has 3 rings (SSSR count). The maximum absolute atomic E-state index is 12.3. The number of piperazine rings is 1. The Hall–Kier alpha value is -2.77. The Bertz CT molecular complexity index is 698. The van der Waals surface area contributed by atoms with E-state index in [-0.39, 0.29) is 5.91 Å². The molecule has 0 aromatic carbocycles. The molecule has 128 valence electrons. The molecular formula is C16H22N6O2. The lowest BCUT2D eigenvalue weighted by Crippen LogP contribution is -2.53. The van der Waals surface area contributed by atoms with Crippen molar-refractivity contribution in [2.24, 2.45) is 12.0 Å². The molecule has 0 radical (unpaired) electrons. The summed E-state index contributed by atoms with van der Waals surface area (Å²) in [6.07, 6.45) is 5.33. The van der Waals surface area contributed by atoms with Gasteiger partial charge in [-0.3, -0.25) is 14.5 Å². The van der Waals surface area contributed by atoms with Crippen molar-refractivity contribution in [1.29, 1.82) is 0 Å². The summed E-state index contributed by atoms with van der Waals surface area (Å²) in [7, 11) is 3.67. The summed E-state index contributed by atoms with van der Waals surface area (Å²) in [5, 5.41) is 7.50. The van der Waals surface area contributed by atoms with Gasteiger partial charge in [-0.05, 0) is 12.1 Å². The molecule has 2 aromatic heterocycles. The second-order valence-electron chi connectivity index (χ2n) is 5.68. The lowest BCUT2D eigenvalue weighted by Gasteiger charge is -2.36. The average molecular weight is 330 g/mol. The third-order valence-corrected chi connectivity index (χ3v) is 4.02. The lowest BCUT2D eigenvalue weighted by atomic mass is 10.3. The topological polar surface area (TPSA) is 78.9 Å². The summed E-state index contributed by atoms with van der Waals surface area (Å²) in [5.74, 6) is 1.17. The number of guanidine groups is 1. The molecule has 1 amide bonds. The second kappa shape index (κ2) is 7.20. The zero-order valence-corrected chi connectivity index (χ0v) is 14.0. The number of hydrogen-bond acceptors (Lipinski definition) is 4. The van der Waals surface area contributed by atoms with E-state index in [2.05, 4.69) is 20.3 Å². The fraction of sp³-hybridized carbons (Fsp3) is 0.438. The molecule has 0 unspecified atom stereocenters. The molecule has 0 saturated carbocycles. The summed E-state index contributed by atoms with van der Waals surface area (Å²) in [4.78, 5) is 20.6. The van der Waals surface area contributed by atoms with Gasteiger partial charge in [0.05, 0.1) is 12.5 Å². The molecule has 1 aliphatic heterocycles. The van der Waals surface area contributed by atoms with Crippen LogP contribution in [0.5, 0.6) is 0 Å². The third kappa shape index (κ3) is 3.58. The molecule has 0 atom stereocenters. The van der Waals surface area contributed by atoms with Gasteiger partial charge in [0.15, 0.2) is 11.7 Å². The van der Waals surface area contributed by atoms with Crippen LogP contribution < -0.4 is 5.32 Å². The Balaban J connectivity index is 1.52. The zero-order chi connectivity index (χ0) is 16.9. The number of nitrogens with one attached hydrogen (secondary N) is 1. The molecular weight excluding hydrogens is 308 g/mol. The highest BCUT2D eigenvalue weighted by atomic mass is 16.3. The maximum Gasteiger partial charge on any atom is 0.289 e. The number of carbonyl (C=O) groups is 1. The smallest absolute Gasteiger partial charge is 0.289 e. The zero-order valence-electron chi connectivity index (χ0n) is 14.0. The molecule has 0 aliphatic carbocycles. The van der Waals surface area contributed by atoms with Gasteiger partial charge >= 0.3 is 0 Å². The molecule has 1 N–H and O–H groups in total. The van der Waals surface area contributed by atoms with Gasteiger partial charge in [0.1, 0.15) is 0 Å². The number of aryl methyl sites for hydroxylation is 1. The summed E-state index contributed by atoms with van der Waals surface area (Å²) in [6.45, 7) is 3.44. The van der Waals surface area contributed by atoms with Crippen molar-refractivity contribution in [1.82, 2.24) is 24.9 Å². The van der Waals surface area contributed by atoms with Crippen molar-refractivity contribution in [3.05, 3.63) is 42.1 Å². The van der Waals surface area contributed by atoms with Crippen LogP contribution in [0.25, 0.3) is 0 Å². The largest absolute Gasteiger partial charge is 0.459 e. The Morgan fingerprint density at radius 2 is 2.08 bits per heavy atom. The SMILES string of the molecule is CN=C(NCc1cnn(C)c1)N1CCN(C(=O)c2ccco2)CC1. The number of nitrogens with zero attached hydrogens (tertiary/aromatic N) is 5. The Kier molecular flexibility index (Phi) is 4.83. The highest BCUT2D eigenvalue weighted by molar-refractivity contribution is 5.91. The third-order valence-electron chi connectivity index (χ3n) is 4.02. The molecule has 0 bridgehead atoms. The molecule has 1 fully saturated rings. The van der Waals surface area contributed by atoms with Crippen LogP contribution in [0.1, 0.15) is 16.1 Å². The average Bonchev–Trinajstić information content (AvgIpc) is 3.27. The molecule has 0 spiro atoms. The molecule has 8 nitrogen and oxygen atoms in total. The first-order valence-electron chi connectivity index (χ1n) is 7.93. The number of carbonyl (C=O) groups excluding carboxylic acids is 1. The molecule has 8 heteroatoms. The number of aromatic nitrogens is 2. The first kappa shape index (κ1) is 16.1. The minimum absolute atomic E-state index is 0.0574. The molecule has 1 saturated heterocycles. The minimum atomic E-state index is -0.0574. The number of aliphatic imine (C=N–C) groups is 1. The van der Waals surface area contributed by atoms with Crippen LogP contribution >= 0.6 is 0 Å². The normalized spacial score (nSPS) is 15.7. The Morgan fingerprint density at radius 3 is 2.67 bits per heavy atom. The minimum Gasteiger partial charge on any atom is -0.459 e. The standard InChI is InChI=1S/C16H22N6O2/c1-17-16(18-10-13-11-19-20(2)12-13)22-7-5-21(6-8-22)15(23)14-4-3-9-24-14/h3-4,9,11-12H,5-8,10H2,1-2H3,(H,17,18). The summed E-state index contributed by atoms with van der Waals surface area (Å²) < 4.78 is 6.96. The van der Waals surface area contributed by atoms with Gasteiger partial charge in [0, 0.05) is 58.6 Å². The second-order valence-corrected chi connectivity index (χ2v) is 5.68. The van der Waals surface area contributed by atoms with Gasteiger partial charge in [-0.1, -0.05) is 0 Å². The van der Waals surface area contributed by atoms with Crippen molar-refractivity contribution < 1.29 is 9.21 Å².